The average Bonchev–Trinajstić information content (AvgIpc) is 2.77. The second kappa shape index (κ2) is 10.7. The summed E-state index contributed by atoms with van der Waals surface area (Å²) in [4.78, 5) is 28.6. The summed E-state index contributed by atoms with van der Waals surface area (Å²) in [6.45, 7) is -0.101. The second-order valence-corrected chi connectivity index (χ2v) is 8.09. The van der Waals surface area contributed by atoms with Gasteiger partial charge in [-0.05, 0) is 42.3 Å². The maximum atomic E-state index is 12.3. The van der Waals surface area contributed by atoms with E-state index in [1.807, 2.05) is 24.3 Å². The number of sulfonamides is 1. The van der Waals surface area contributed by atoms with Gasteiger partial charge >= 0.3 is 5.97 Å². The molecule has 10 heteroatoms. The van der Waals surface area contributed by atoms with Crippen molar-refractivity contribution in [2.75, 3.05) is 34.4 Å². The Kier molecular flexibility index (Phi) is 8.34. The van der Waals surface area contributed by atoms with Gasteiger partial charge in [-0.15, -0.1) is 0 Å². The summed E-state index contributed by atoms with van der Waals surface area (Å²) in [5.41, 5.74) is 1.03. The van der Waals surface area contributed by atoms with Crippen molar-refractivity contribution in [3.63, 3.8) is 0 Å². The van der Waals surface area contributed by atoms with E-state index in [0.717, 1.165) is 17.4 Å². The molecule has 0 saturated carbocycles. The molecule has 0 aliphatic carbocycles. The standard InChI is InChI=1S/C20H24N2O7S/c1-22(28-3)30(25,26)18-6-4-5-16(13-18)20(24)29-14-19(23)21-12-11-15-7-9-17(27-2)10-8-15/h4-10,13H,11-12,14H2,1-3H3,(H,21,23). The fourth-order valence-electron chi connectivity index (χ4n) is 2.43. The maximum absolute atomic E-state index is 12.3. The Morgan fingerprint density at radius 1 is 1.07 bits per heavy atom. The third-order valence-corrected chi connectivity index (χ3v) is 5.87. The van der Waals surface area contributed by atoms with Crippen molar-refractivity contribution < 1.29 is 32.3 Å². The van der Waals surface area contributed by atoms with E-state index in [-0.39, 0.29) is 10.5 Å². The molecule has 0 saturated heterocycles. The molecule has 0 heterocycles. The van der Waals surface area contributed by atoms with Gasteiger partial charge in [-0.25, -0.2) is 13.2 Å². The van der Waals surface area contributed by atoms with Crippen LogP contribution in [-0.2, 0) is 30.8 Å². The molecule has 1 amide bonds. The highest BCUT2D eigenvalue weighted by atomic mass is 32.2. The van der Waals surface area contributed by atoms with Gasteiger partial charge in [-0.3, -0.25) is 9.63 Å². The fourth-order valence-corrected chi connectivity index (χ4v) is 3.45. The first kappa shape index (κ1) is 23.3. The molecule has 0 unspecified atom stereocenters. The highest BCUT2D eigenvalue weighted by Crippen LogP contribution is 2.16. The van der Waals surface area contributed by atoms with Gasteiger partial charge in [-0.1, -0.05) is 22.7 Å². The van der Waals surface area contributed by atoms with Crippen molar-refractivity contribution in [3.05, 3.63) is 59.7 Å². The quantitative estimate of drug-likeness (QED) is 0.443. The van der Waals surface area contributed by atoms with Crippen LogP contribution in [0, 0.1) is 0 Å². The van der Waals surface area contributed by atoms with Gasteiger partial charge in [0.15, 0.2) is 6.61 Å². The van der Waals surface area contributed by atoms with E-state index in [2.05, 4.69) is 5.32 Å². The summed E-state index contributed by atoms with van der Waals surface area (Å²) in [7, 11) is 0.128. The summed E-state index contributed by atoms with van der Waals surface area (Å²) >= 11 is 0. The number of hydroxylamine groups is 1. The number of amides is 1. The van der Waals surface area contributed by atoms with E-state index in [9.17, 15) is 18.0 Å². The number of methoxy groups -OCH3 is 1. The van der Waals surface area contributed by atoms with Crippen LogP contribution in [0.2, 0.25) is 0 Å². The Morgan fingerprint density at radius 2 is 1.77 bits per heavy atom. The number of nitrogens with one attached hydrogen (secondary N) is 1. The van der Waals surface area contributed by atoms with E-state index in [0.29, 0.717) is 17.4 Å². The number of hydrogen-bond donors (Lipinski definition) is 1. The Labute approximate surface area is 175 Å². The first-order valence-corrected chi connectivity index (χ1v) is 10.4. The SMILES string of the molecule is COc1ccc(CCNC(=O)COC(=O)c2cccc(S(=O)(=O)N(C)OC)c2)cc1. The van der Waals surface area contributed by atoms with Crippen LogP contribution in [0.25, 0.3) is 0 Å². The molecule has 162 valence electrons. The number of nitrogens with zero attached hydrogens (tertiary/aromatic N) is 1. The Morgan fingerprint density at radius 3 is 2.40 bits per heavy atom. The largest absolute Gasteiger partial charge is 0.497 e. The van der Waals surface area contributed by atoms with Gasteiger partial charge < -0.3 is 14.8 Å². The topological polar surface area (TPSA) is 111 Å². The van der Waals surface area contributed by atoms with Crippen LogP contribution in [0.15, 0.2) is 53.4 Å². The van der Waals surface area contributed by atoms with Gasteiger partial charge in [0.2, 0.25) is 0 Å². The lowest BCUT2D eigenvalue weighted by atomic mass is 10.1. The number of carbonyl (C=O) groups excluding carboxylic acids is 2. The molecule has 0 fully saturated rings. The predicted octanol–water partition coefficient (Wildman–Crippen LogP) is 1.39. The summed E-state index contributed by atoms with van der Waals surface area (Å²) in [6, 6.07) is 12.7. The number of rotatable bonds is 10. The molecule has 0 atom stereocenters. The molecule has 0 aromatic heterocycles. The molecule has 0 aliphatic rings. The third kappa shape index (κ3) is 6.28. The van der Waals surface area contributed by atoms with E-state index >= 15 is 0 Å². The van der Waals surface area contributed by atoms with Crippen molar-refractivity contribution in [3.8, 4) is 5.75 Å². The molecular weight excluding hydrogens is 412 g/mol. The molecule has 0 spiro atoms. The number of esters is 1. The highest BCUT2D eigenvalue weighted by molar-refractivity contribution is 7.89. The van der Waals surface area contributed by atoms with Crippen molar-refractivity contribution in [1.82, 2.24) is 9.79 Å². The minimum absolute atomic E-state index is 0.00612. The van der Waals surface area contributed by atoms with Gasteiger partial charge in [0.25, 0.3) is 15.9 Å². The lowest BCUT2D eigenvalue weighted by molar-refractivity contribution is -0.124. The molecule has 0 bridgehead atoms. The van der Waals surface area contributed by atoms with Crippen LogP contribution in [0.1, 0.15) is 15.9 Å². The molecule has 1 N–H and O–H groups in total. The van der Waals surface area contributed by atoms with E-state index in [1.54, 1.807) is 7.11 Å². The summed E-state index contributed by atoms with van der Waals surface area (Å²) in [5.74, 6) is -0.516. The average molecular weight is 436 g/mol. The zero-order valence-corrected chi connectivity index (χ0v) is 17.8. The Bertz CT molecular complexity index is 975. The van der Waals surface area contributed by atoms with Crippen molar-refractivity contribution in [2.24, 2.45) is 0 Å². The normalized spacial score (nSPS) is 11.2. The van der Waals surface area contributed by atoms with Crippen LogP contribution in [0.4, 0.5) is 0 Å². The third-order valence-electron chi connectivity index (χ3n) is 4.19. The maximum Gasteiger partial charge on any atom is 0.338 e. The van der Waals surface area contributed by atoms with E-state index < -0.39 is 28.5 Å². The van der Waals surface area contributed by atoms with Crippen molar-refractivity contribution in [1.29, 1.82) is 0 Å². The monoisotopic (exact) mass is 436 g/mol. The van der Waals surface area contributed by atoms with Crippen LogP contribution < -0.4 is 10.1 Å². The summed E-state index contributed by atoms with van der Waals surface area (Å²) in [5, 5.41) is 2.66. The number of hydrogen-bond acceptors (Lipinski definition) is 7. The van der Waals surface area contributed by atoms with Gasteiger partial charge in [-0.2, -0.15) is 0 Å². The van der Waals surface area contributed by atoms with Crippen LogP contribution in [0.5, 0.6) is 5.75 Å². The minimum Gasteiger partial charge on any atom is -0.497 e. The lowest BCUT2D eigenvalue weighted by Crippen LogP contribution is -2.30. The lowest BCUT2D eigenvalue weighted by Gasteiger charge is -2.14. The molecule has 9 nitrogen and oxygen atoms in total. The number of ether oxygens (including phenoxy) is 2. The Hall–Kier alpha value is -2.95. The number of benzene rings is 2. The van der Waals surface area contributed by atoms with Gasteiger partial charge in [0, 0.05) is 13.6 Å². The molecule has 30 heavy (non-hydrogen) atoms. The zero-order valence-electron chi connectivity index (χ0n) is 17.0. The molecule has 2 rings (SSSR count). The molecule has 0 aliphatic heterocycles. The zero-order chi connectivity index (χ0) is 22.1. The first-order valence-electron chi connectivity index (χ1n) is 8.97. The molecular formula is C20H24N2O7S. The molecule has 2 aromatic rings. The van der Waals surface area contributed by atoms with Crippen molar-refractivity contribution in [2.45, 2.75) is 11.3 Å². The fraction of sp³-hybridized carbons (Fsp3) is 0.300. The van der Waals surface area contributed by atoms with Gasteiger partial charge in [0.05, 0.1) is 24.7 Å². The van der Waals surface area contributed by atoms with Gasteiger partial charge in [0.1, 0.15) is 5.75 Å². The molecule has 2 aromatic carbocycles. The van der Waals surface area contributed by atoms with Crippen LogP contribution in [0.3, 0.4) is 0 Å². The first-order chi connectivity index (χ1) is 14.3. The highest BCUT2D eigenvalue weighted by Gasteiger charge is 2.22. The predicted molar refractivity (Wildman–Crippen MR) is 108 cm³/mol. The van der Waals surface area contributed by atoms with Crippen LogP contribution in [-0.4, -0.2) is 59.2 Å². The molecule has 0 radical (unpaired) electrons. The van der Waals surface area contributed by atoms with E-state index in [4.69, 9.17) is 14.3 Å². The number of carbonyl (C=O) groups is 2. The van der Waals surface area contributed by atoms with E-state index in [1.165, 1.54) is 32.4 Å². The minimum atomic E-state index is -3.90. The summed E-state index contributed by atoms with van der Waals surface area (Å²) < 4.78 is 35.2. The van der Waals surface area contributed by atoms with Crippen LogP contribution >= 0.6 is 0 Å². The van der Waals surface area contributed by atoms with Crippen molar-refractivity contribution >= 4 is 21.9 Å². The summed E-state index contributed by atoms with van der Waals surface area (Å²) in [6.07, 6.45) is 0.608. The second-order valence-electron chi connectivity index (χ2n) is 6.15. The Balaban J connectivity index is 1.84. The smallest absolute Gasteiger partial charge is 0.338 e.